The predicted molar refractivity (Wildman–Crippen MR) is 80.4 cm³/mol. The van der Waals surface area contributed by atoms with E-state index in [9.17, 15) is 4.79 Å². The van der Waals surface area contributed by atoms with Crippen molar-refractivity contribution in [1.82, 2.24) is 5.32 Å². The van der Waals surface area contributed by atoms with Gasteiger partial charge in [-0.15, -0.1) is 0 Å². The summed E-state index contributed by atoms with van der Waals surface area (Å²) in [6.45, 7) is 0.866. The van der Waals surface area contributed by atoms with Gasteiger partial charge < -0.3 is 20.3 Å². The molecule has 110 valence electrons. The highest BCUT2D eigenvalue weighted by molar-refractivity contribution is 9.10. The van der Waals surface area contributed by atoms with Crippen LogP contribution in [0, 0.1) is 0 Å². The number of aliphatic hydroxyl groups excluding tert-OH is 2. The van der Waals surface area contributed by atoms with E-state index in [0.29, 0.717) is 5.75 Å². The molecule has 1 amide bonds. The number of aliphatic hydroxyl groups is 2. The highest BCUT2D eigenvalue weighted by atomic mass is 79.9. The number of hydrogen-bond donors (Lipinski definition) is 3. The van der Waals surface area contributed by atoms with Crippen LogP contribution >= 0.6 is 15.9 Å². The van der Waals surface area contributed by atoms with Crippen LogP contribution in [0.3, 0.4) is 0 Å². The summed E-state index contributed by atoms with van der Waals surface area (Å²) in [6.07, 6.45) is 2.93. The maximum Gasteiger partial charge on any atom is 0.244 e. The van der Waals surface area contributed by atoms with Crippen molar-refractivity contribution in [2.75, 3.05) is 20.3 Å². The van der Waals surface area contributed by atoms with Crippen LogP contribution < -0.4 is 10.1 Å². The Morgan fingerprint density at radius 3 is 2.65 bits per heavy atom. The molecule has 0 heterocycles. The van der Waals surface area contributed by atoms with Gasteiger partial charge in [-0.2, -0.15) is 0 Å². The Bertz CT molecular complexity index is 498. The minimum Gasteiger partial charge on any atom is -0.496 e. The molecule has 0 radical (unpaired) electrons. The number of halogens is 1. The number of carbonyl (C=O) groups is 1. The number of rotatable bonds is 6. The lowest BCUT2D eigenvalue weighted by atomic mass is 10.1. The van der Waals surface area contributed by atoms with Gasteiger partial charge in [0.15, 0.2) is 0 Å². The SMILES string of the molecule is COc1ccc(Br)cc1/C=C/C(=O)NC(C)(CO)CO. The lowest BCUT2D eigenvalue weighted by molar-refractivity contribution is -0.119. The van der Waals surface area contributed by atoms with Crippen molar-refractivity contribution < 1.29 is 19.7 Å². The molecule has 1 aromatic carbocycles. The molecular formula is C14H18BrNO4. The van der Waals surface area contributed by atoms with E-state index < -0.39 is 11.4 Å². The second kappa shape index (κ2) is 7.42. The minimum atomic E-state index is -1.04. The van der Waals surface area contributed by atoms with Gasteiger partial charge in [0.2, 0.25) is 5.91 Å². The van der Waals surface area contributed by atoms with Crippen LogP contribution in [0.1, 0.15) is 12.5 Å². The topological polar surface area (TPSA) is 78.8 Å². The van der Waals surface area contributed by atoms with Gasteiger partial charge in [-0.1, -0.05) is 15.9 Å². The first kappa shape index (κ1) is 16.7. The molecule has 0 saturated heterocycles. The average Bonchev–Trinajstić information content (AvgIpc) is 2.45. The van der Waals surface area contributed by atoms with E-state index >= 15 is 0 Å². The van der Waals surface area contributed by atoms with Crippen LogP contribution in [0.2, 0.25) is 0 Å². The van der Waals surface area contributed by atoms with Crippen molar-refractivity contribution in [2.45, 2.75) is 12.5 Å². The summed E-state index contributed by atoms with van der Waals surface area (Å²) in [5, 5.41) is 20.8. The number of amides is 1. The predicted octanol–water partition coefficient (Wildman–Crippen LogP) is 1.33. The van der Waals surface area contributed by atoms with Gasteiger partial charge in [0.25, 0.3) is 0 Å². The van der Waals surface area contributed by atoms with Crippen LogP contribution in [-0.4, -0.2) is 42.0 Å². The molecule has 0 spiro atoms. The van der Waals surface area contributed by atoms with Crippen molar-refractivity contribution in [3.63, 3.8) is 0 Å². The number of ether oxygens (including phenoxy) is 1. The molecule has 0 aliphatic heterocycles. The standard InChI is InChI=1S/C14H18BrNO4/c1-14(8-17,9-18)16-13(19)6-3-10-7-11(15)4-5-12(10)20-2/h3-7,17-18H,8-9H2,1-2H3,(H,16,19)/b6-3+. The van der Waals surface area contributed by atoms with Gasteiger partial charge in [-0.05, 0) is 31.2 Å². The van der Waals surface area contributed by atoms with Crippen LogP contribution in [0.4, 0.5) is 0 Å². The fraction of sp³-hybridized carbons (Fsp3) is 0.357. The summed E-state index contributed by atoms with van der Waals surface area (Å²) in [5.74, 6) is 0.238. The fourth-order valence-electron chi connectivity index (χ4n) is 1.47. The molecule has 0 fully saturated rings. The number of hydrogen-bond acceptors (Lipinski definition) is 4. The highest BCUT2D eigenvalue weighted by Gasteiger charge is 2.23. The normalized spacial score (nSPS) is 11.7. The Labute approximate surface area is 126 Å². The van der Waals surface area contributed by atoms with E-state index in [-0.39, 0.29) is 13.2 Å². The van der Waals surface area contributed by atoms with E-state index in [2.05, 4.69) is 21.2 Å². The maximum absolute atomic E-state index is 11.8. The monoisotopic (exact) mass is 343 g/mol. The second-order valence-corrected chi connectivity index (χ2v) is 5.50. The van der Waals surface area contributed by atoms with Crippen LogP contribution in [0.15, 0.2) is 28.7 Å². The van der Waals surface area contributed by atoms with E-state index in [1.165, 1.54) is 6.08 Å². The van der Waals surface area contributed by atoms with Gasteiger partial charge >= 0.3 is 0 Å². The quantitative estimate of drug-likeness (QED) is 0.681. The summed E-state index contributed by atoms with van der Waals surface area (Å²) in [4.78, 5) is 11.8. The third-order valence-corrected chi connectivity index (χ3v) is 3.22. The van der Waals surface area contributed by atoms with Crippen molar-refractivity contribution in [1.29, 1.82) is 0 Å². The largest absolute Gasteiger partial charge is 0.496 e. The first-order chi connectivity index (χ1) is 9.44. The fourth-order valence-corrected chi connectivity index (χ4v) is 1.85. The molecule has 1 aromatic rings. The first-order valence-electron chi connectivity index (χ1n) is 5.99. The smallest absolute Gasteiger partial charge is 0.244 e. The summed E-state index contributed by atoms with van der Waals surface area (Å²) >= 11 is 3.35. The Kier molecular flexibility index (Phi) is 6.19. The molecule has 0 bridgehead atoms. The zero-order chi connectivity index (χ0) is 15.2. The van der Waals surface area contributed by atoms with Crippen LogP contribution in [0.25, 0.3) is 6.08 Å². The van der Waals surface area contributed by atoms with Gasteiger partial charge in [-0.3, -0.25) is 4.79 Å². The molecule has 0 aromatic heterocycles. The van der Waals surface area contributed by atoms with Crippen molar-refractivity contribution in [3.05, 3.63) is 34.3 Å². The van der Waals surface area contributed by atoms with Crippen LogP contribution in [0.5, 0.6) is 5.75 Å². The summed E-state index contributed by atoms with van der Waals surface area (Å²) in [7, 11) is 1.55. The summed E-state index contributed by atoms with van der Waals surface area (Å²) in [5.41, 5.74) is -0.297. The van der Waals surface area contributed by atoms with Crippen LogP contribution in [-0.2, 0) is 4.79 Å². The second-order valence-electron chi connectivity index (χ2n) is 4.59. The summed E-state index contributed by atoms with van der Waals surface area (Å²) in [6, 6.07) is 5.44. The lowest BCUT2D eigenvalue weighted by Gasteiger charge is -2.25. The highest BCUT2D eigenvalue weighted by Crippen LogP contribution is 2.24. The maximum atomic E-state index is 11.8. The lowest BCUT2D eigenvalue weighted by Crippen LogP contribution is -2.51. The minimum absolute atomic E-state index is 0.344. The van der Waals surface area contributed by atoms with Crippen molar-refractivity contribution >= 4 is 27.9 Å². The molecule has 6 heteroatoms. The van der Waals surface area contributed by atoms with Gasteiger partial charge in [-0.25, -0.2) is 0 Å². The molecule has 0 aliphatic rings. The molecule has 1 rings (SSSR count). The Morgan fingerprint density at radius 2 is 2.10 bits per heavy atom. The molecule has 5 nitrogen and oxygen atoms in total. The van der Waals surface area contributed by atoms with Gasteiger partial charge in [0.1, 0.15) is 5.75 Å². The summed E-state index contributed by atoms with van der Waals surface area (Å²) < 4.78 is 6.06. The Balaban J connectivity index is 2.82. The molecule has 0 aliphatic carbocycles. The molecule has 3 N–H and O–H groups in total. The van der Waals surface area contributed by atoms with Crippen molar-refractivity contribution in [2.24, 2.45) is 0 Å². The van der Waals surface area contributed by atoms with E-state index in [0.717, 1.165) is 10.0 Å². The number of methoxy groups -OCH3 is 1. The van der Waals surface area contributed by atoms with Gasteiger partial charge in [0.05, 0.1) is 25.9 Å². The number of nitrogens with one attached hydrogen (secondary N) is 1. The average molecular weight is 344 g/mol. The first-order valence-corrected chi connectivity index (χ1v) is 6.79. The van der Waals surface area contributed by atoms with E-state index in [1.54, 1.807) is 26.2 Å². The van der Waals surface area contributed by atoms with Crippen molar-refractivity contribution in [3.8, 4) is 5.75 Å². The number of benzene rings is 1. The molecule has 0 atom stereocenters. The molecule has 0 unspecified atom stereocenters. The number of carbonyl (C=O) groups excluding carboxylic acids is 1. The molecular weight excluding hydrogens is 326 g/mol. The third kappa shape index (κ3) is 4.63. The zero-order valence-electron chi connectivity index (χ0n) is 11.4. The zero-order valence-corrected chi connectivity index (χ0v) is 13.0. The molecule has 20 heavy (non-hydrogen) atoms. The van der Waals surface area contributed by atoms with E-state index in [4.69, 9.17) is 14.9 Å². The molecule has 0 saturated carbocycles. The Morgan fingerprint density at radius 1 is 1.45 bits per heavy atom. The van der Waals surface area contributed by atoms with E-state index in [1.807, 2.05) is 12.1 Å². The third-order valence-electron chi connectivity index (χ3n) is 2.73. The van der Waals surface area contributed by atoms with Gasteiger partial charge in [0, 0.05) is 16.1 Å². The Hall–Kier alpha value is -1.37.